The molecule has 0 rings (SSSR count). The number of ether oxygens (including phenoxy) is 3. The molecule has 0 aromatic rings. The summed E-state index contributed by atoms with van der Waals surface area (Å²) < 4.78 is 17.0. The van der Waals surface area contributed by atoms with E-state index in [1.54, 1.807) is 0 Å². The number of esters is 3. The Labute approximate surface area is 510 Å². The predicted octanol–water partition coefficient (Wildman–Crippen LogP) is 25.1. The van der Waals surface area contributed by atoms with Crippen LogP contribution in [0.2, 0.25) is 0 Å². The molecular weight excluding hydrogens is 1010 g/mol. The largest absolute Gasteiger partial charge is 0.462 e. The highest BCUT2D eigenvalue weighted by Gasteiger charge is 2.19. The van der Waals surface area contributed by atoms with Crippen LogP contribution in [0.25, 0.3) is 0 Å². The van der Waals surface area contributed by atoms with Crippen molar-refractivity contribution in [3.63, 3.8) is 0 Å². The van der Waals surface area contributed by atoms with E-state index in [9.17, 15) is 14.4 Å². The highest BCUT2D eigenvalue weighted by Crippen LogP contribution is 2.19. The molecule has 0 fully saturated rings. The monoisotopic (exact) mass is 1150 g/mol. The Balaban J connectivity index is 4.30. The molecule has 0 aliphatic carbocycles. The van der Waals surface area contributed by atoms with Crippen molar-refractivity contribution in [1.82, 2.24) is 0 Å². The molecule has 0 aromatic heterocycles. The van der Waals surface area contributed by atoms with Crippen LogP contribution in [0.3, 0.4) is 0 Å². The number of allylic oxidation sites excluding steroid dienone is 10. The molecule has 1 atom stereocenters. The summed E-state index contributed by atoms with van der Waals surface area (Å²) in [5.41, 5.74) is 0. The van der Waals surface area contributed by atoms with Crippen LogP contribution in [-0.2, 0) is 28.6 Å². The van der Waals surface area contributed by atoms with Crippen molar-refractivity contribution in [2.75, 3.05) is 13.2 Å². The lowest BCUT2D eigenvalue weighted by atomic mass is 10.0. The van der Waals surface area contributed by atoms with E-state index < -0.39 is 6.10 Å². The third kappa shape index (κ3) is 67.9. The van der Waals surface area contributed by atoms with Crippen molar-refractivity contribution in [2.24, 2.45) is 0 Å². The van der Waals surface area contributed by atoms with Crippen molar-refractivity contribution in [3.8, 4) is 0 Å². The molecule has 0 bridgehead atoms. The van der Waals surface area contributed by atoms with Gasteiger partial charge in [0, 0.05) is 19.3 Å². The summed E-state index contributed by atoms with van der Waals surface area (Å²) in [7, 11) is 0. The number of unbranched alkanes of at least 4 members (excludes halogenated alkanes) is 46. The van der Waals surface area contributed by atoms with Crippen LogP contribution in [0.4, 0.5) is 0 Å². The summed E-state index contributed by atoms with van der Waals surface area (Å²) >= 11 is 0. The van der Waals surface area contributed by atoms with Gasteiger partial charge in [-0.15, -0.1) is 0 Å². The molecule has 1 unspecified atom stereocenters. The van der Waals surface area contributed by atoms with Gasteiger partial charge in [0.1, 0.15) is 13.2 Å². The van der Waals surface area contributed by atoms with Gasteiger partial charge in [0.2, 0.25) is 0 Å². The lowest BCUT2D eigenvalue weighted by Gasteiger charge is -2.18. The van der Waals surface area contributed by atoms with Crippen molar-refractivity contribution in [2.45, 2.75) is 393 Å². The molecular formula is C76H138O6. The van der Waals surface area contributed by atoms with E-state index in [4.69, 9.17) is 14.2 Å². The first-order valence-corrected chi connectivity index (χ1v) is 36.3. The SMILES string of the molecule is CC/C=C\C/C=C\C/C=C\C/C=C\C/C=C\CCCCCCCCCCCCCC(=O)OCC(COC(=O)CCCCCCCCCCCCCCCCCCCC)OC(=O)CCCCCCCCCCCCCCCCCCCCC. The molecule has 0 saturated carbocycles. The van der Waals surface area contributed by atoms with E-state index in [0.717, 1.165) is 89.9 Å². The zero-order chi connectivity index (χ0) is 59.2. The molecule has 0 heterocycles. The summed E-state index contributed by atoms with van der Waals surface area (Å²) in [6, 6.07) is 0. The van der Waals surface area contributed by atoms with E-state index in [1.807, 2.05) is 0 Å². The Morgan fingerprint density at radius 3 is 0.744 bits per heavy atom. The molecule has 0 N–H and O–H groups in total. The fourth-order valence-electron chi connectivity index (χ4n) is 10.9. The van der Waals surface area contributed by atoms with Crippen LogP contribution in [0.1, 0.15) is 387 Å². The Hall–Kier alpha value is -2.89. The minimum Gasteiger partial charge on any atom is -0.462 e. The second-order valence-corrected chi connectivity index (χ2v) is 24.5. The Kier molecular flexibility index (Phi) is 68.1. The summed E-state index contributed by atoms with van der Waals surface area (Å²) in [5, 5.41) is 0. The van der Waals surface area contributed by atoms with Gasteiger partial charge in [-0.3, -0.25) is 14.4 Å². The highest BCUT2D eigenvalue weighted by atomic mass is 16.6. The number of rotatable bonds is 67. The molecule has 0 saturated heterocycles. The van der Waals surface area contributed by atoms with Gasteiger partial charge in [-0.25, -0.2) is 0 Å². The summed E-state index contributed by atoms with van der Waals surface area (Å²) in [6.45, 7) is 6.61. The van der Waals surface area contributed by atoms with Gasteiger partial charge in [0.15, 0.2) is 6.10 Å². The number of carbonyl (C=O) groups excluding carboxylic acids is 3. The van der Waals surface area contributed by atoms with Crippen molar-refractivity contribution >= 4 is 17.9 Å². The van der Waals surface area contributed by atoms with Gasteiger partial charge in [-0.2, -0.15) is 0 Å². The second kappa shape index (κ2) is 70.6. The first-order chi connectivity index (χ1) is 40.5. The zero-order valence-electron chi connectivity index (χ0n) is 55.0. The van der Waals surface area contributed by atoms with Crippen molar-refractivity contribution < 1.29 is 28.6 Å². The first kappa shape index (κ1) is 79.1. The third-order valence-electron chi connectivity index (χ3n) is 16.3. The van der Waals surface area contributed by atoms with E-state index >= 15 is 0 Å². The fourth-order valence-corrected chi connectivity index (χ4v) is 10.9. The zero-order valence-corrected chi connectivity index (χ0v) is 55.0. The van der Waals surface area contributed by atoms with Crippen LogP contribution in [0.5, 0.6) is 0 Å². The van der Waals surface area contributed by atoms with Crippen LogP contribution in [-0.4, -0.2) is 37.2 Å². The summed E-state index contributed by atoms with van der Waals surface area (Å²) in [4.78, 5) is 38.5. The van der Waals surface area contributed by atoms with E-state index in [-0.39, 0.29) is 31.1 Å². The maximum absolute atomic E-state index is 13.0. The second-order valence-electron chi connectivity index (χ2n) is 24.5. The molecule has 0 aliphatic heterocycles. The van der Waals surface area contributed by atoms with Crippen molar-refractivity contribution in [1.29, 1.82) is 0 Å². The molecule has 0 amide bonds. The molecule has 0 spiro atoms. The number of hydrogen-bond donors (Lipinski definition) is 0. The standard InChI is InChI=1S/C76H138O6/c1-4-7-10-13-16-19-22-25-28-31-34-35-36-37-38-39-40-41-43-45-48-51-54-57-60-63-66-69-75(78)81-72-73(71-80-74(77)68-65-62-59-56-53-50-47-44-33-30-27-24-21-18-15-12-9-6-3)82-76(79)70-67-64-61-58-55-52-49-46-42-32-29-26-23-20-17-14-11-8-5-2/h7,10,16,19,25,28,34-35,37-38,73H,4-6,8-9,11-15,17-18,20-24,26-27,29-33,36,39-72H2,1-3H3/b10-7-,19-16-,28-25-,35-34-,38-37-. The average molecular weight is 1150 g/mol. The maximum Gasteiger partial charge on any atom is 0.306 e. The molecule has 6 heteroatoms. The molecule has 0 aliphatic rings. The smallest absolute Gasteiger partial charge is 0.306 e. The lowest BCUT2D eigenvalue weighted by molar-refractivity contribution is -0.167. The molecule has 0 radical (unpaired) electrons. The van der Waals surface area contributed by atoms with Gasteiger partial charge in [0.25, 0.3) is 0 Å². The first-order valence-electron chi connectivity index (χ1n) is 36.3. The van der Waals surface area contributed by atoms with E-state index in [2.05, 4.69) is 81.5 Å². The normalized spacial score (nSPS) is 12.4. The third-order valence-corrected chi connectivity index (χ3v) is 16.3. The van der Waals surface area contributed by atoms with Crippen LogP contribution < -0.4 is 0 Å². The van der Waals surface area contributed by atoms with Crippen LogP contribution >= 0.6 is 0 Å². The Morgan fingerprint density at radius 2 is 0.476 bits per heavy atom. The number of carbonyl (C=O) groups is 3. The minimum atomic E-state index is -0.773. The number of hydrogen-bond acceptors (Lipinski definition) is 6. The van der Waals surface area contributed by atoms with Gasteiger partial charge in [0.05, 0.1) is 0 Å². The predicted molar refractivity (Wildman–Crippen MR) is 358 cm³/mol. The maximum atomic E-state index is 13.0. The fraction of sp³-hybridized carbons (Fsp3) is 0.829. The van der Waals surface area contributed by atoms with Crippen LogP contribution in [0, 0.1) is 0 Å². The molecule has 82 heavy (non-hydrogen) atoms. The summed E-state index contributed by atoms with van der Waals surface area (Å²) in [6.07, 6.45) is 91.0. The van der Waals surface area contributed by atoms with Gasteiger partial charge < -0.3 is 14.2 Å². The van der Waals surface area contributed by atoms with Gasteiger partial charge in [-0.05, 0) is 64.2 Å². The Bertz CT molecular complexity index is 1460. The molecule has 478 valence electrons. The molecule has 6 nitrogen and oxygen atoms in total. The minimum absolute atomic E-state index is 0.0683. The topological polar surface area (TPSA) is 78.9 Å². The van der Waals surface area contributed by atoms with Crippen LogP contribution in [0.15, 0.2) is 60.8 Å². The lowest BCUT2D eigenvalue weighted by Crippen LogP contribution is -2.30. The summed E-state index contributed by atoms with van der Waals surface area (Å²) in [5.74, 6) is -0.841. The van der Waals surface area contributed by atoms with Gasteiger partial charge >= 0.3 is 17.9 Å². The average Bonchev–Trinajstić information content (AvgIpc) is 3.47. The Morgan fingerprint density at radius 1 is 0.256 bits per heavy atom. The van der Waals surface area contributed by atoms with Crippen molar-refractivity contribution in [3.05, 3.63) is 60.8 Å². The van der Waals surface area contributed by atoms with E-state index in [0.29, 0.717) is 19.3 Å². The van der Waals surface area contributed by atoms with E-state index in [1.165, 1.54) is 257 Å². The quantitative estimate of drug-likeness (QED) is 0.0261. The molecule has 0 aromatic carbocycles. The van der Waals surface area contributed by atoms with Gasteiger partial charge in [-0.1, -0.05) is 364 Å². The highest BCUT2D eigenvalue weighted by molar-refractivity contribution is 5.71.